The number of ether oxygens (including phenoxy) is 4. The van der Waals surface area contributed by atoms with Gasteiger partial charge in [-0.3, -0.25) is 4.79 Å². The number of carbonyl (C=O) groups is 2. The molecule has 1 aliphatic heterocycles. The van der Waals surface area contributed by atoms with Crippen LogP contribution < -0.4 is 4.74 Å². The molecule has 0 spiro atoms. The van der Waals surface area contributed by atoms with Crippen molar-refractivity contribution in [2.45, 2.75) is 64.2 Å². The van der Waals surface area contributed by atoms with E-state index in [1.807, 2.05) is 0 Å². The van der Waals surface area contributed by atoms with E-state index < -0.39 is 29.2 Å². The highest BCUT2D eigenvalue weighted by Gasteiger charge is 2.51. The first-order valence-corrected chi connectivity index (χ1v) is 10.0. The molecule has 0 amide bonds. The first kappa shape index (κ1) is 23.7. The maximum Gasteiger partial charge on any atom is 0.337 e. The van der Waals surface area contributed by atoms with Crippen LogP contribution in [0.1, 0.15) is 52.5 Å². The number of rotatable bonds is 9. The molecule has 2 atom stereocenters. The molecule has 0 unspecified atom stereocenters. The number of aliphatic imine (C=N–C) groups is 1. The van der Waals surface area contributed by atoms with Gasteiger partial charge < -0.3 is 24.1 Å². The van der Waals surface area contributed by atoms with Crippen LogP contribution >= 0.6 is 0 Å². The molecule has 166 valence electrons. The van der Waals surface area contributed by atoms with Crippen LogP contribution in [0.5, 0.6) is 5.75 Å². The van der Waals surface area contributed by atoms with Crippen molar-refractivity contribution in [3.8, 4) is 5.75 Å². The van der Waals surface area contributed by atoms with E-state index in [1.54, 1.807) is 52.0 Å². The van der Waals surface area contributed by atoms with E-state index in [2.05, 4.69) is 4.99 Å². The number of hydrogen-bond donors (Lipinski definition) is 1. The van der Waals surface area contributed by atoms with E-state index in [4.69, 9.17) is 24.1 Å². The molecule has 0 bridgehead atoms. The number of benzene rings is 1. The van der Waals surface area contributed by atoms with Gasteiger partial charge in [-0.15, -0.1) is 0 Å². The predicted molar refractivity (Wildman–Crippen MR) is 111 cm³/mol. The molecule has 1 heterocycles. The zero-order valence-corrected chi connectivity index (χ0v) is 18.3. The molecule has 0 fully saturated rings. The fraction of sp³-hybridized carbons (Fsp3) is 0.591. The third-order valence-corrected chi connectivity index (χ3v) is 4.60. The Morgan fingerprint density at radius 1 is 1.23 bits per heavy atom. The van der Waals surface area contributed by atoms with Crippen molar-refractivity contribution in [3.05, 3.63) is 29.8 Å². The molecule has 8 nitrogen and oxygen atoms in total. The molecule has 2 rings (SSSR count). The molecular formula is C22H31NO7. The van der Waals surface area contributed by atoms with Crippen molar-refractivity contribution in [3.63, 3.8) is 0 Å². The monoisotopic (exact) mass is 421 g/mol. The van der Waals surface area contributed by atoms with Gasteiger partial charge in [-0.1, -0.05) is 0 Å². The summed E-state index contributed by atoms with van der Waals surface area (Å²) in [7, 11) is 1.29. The van der Waals surface area contributed by atoms with Crippen molar-refractivity contribution >= 4 is 17.8 Å². The molecule has 1 aliphatic rings. The highest BCUT2D eigenvalue weighted by Crippen LogP contribution is 2.34. The van der Waals surface area contributed by atoms with Gasteiger partial charge in [0, 0.05) is 25.0 Å². The third-order valence-electron chi connectivity index (χ3n) is 4.60. The number of methoxy groups -OCH3 is 1. The summed E-state index contributed by atoms with van der Waals surface area (Å²) in [4.78, 5) is 29.4. The predicted octanol–water partition coefficient (Wildman–Crippen LogP) is 2.65. The van der Waals surface area contributed by atoms with E-state index in [0.717, 1.165) is 0 Å². The van der Waals surface area contributed by atoms with Crippen LogP contribution in [0.3, 0.4) is 0 Å². The largest absolute Gasteiger partial charge is 0.494 e. The zero-order valence-electron chi connectivity index (χ0n) is 18.3. The second-order valence-electron chi connectivity index (χ2n) is 8.13. The van der Waals surface area contributed by atoms with Gasteiger partial charge in [0.1, 0.15) is 17.5 Å². The maximum atomic E-state index is 12.6. The molecule has 0 aliphatic carbocycles. The molecule has 1 aromatic carbocycles. The van der Waals surface area contributed by atoms with Gasteiger partial charge in [-0.05, 0) is 58.4 Å². The Labute approximate surface area is 177 Å². The summed E-state index contributed by atoms with van der Waals surface area (Å²) in [6, 6.07) is 7.09. The fourth-order valence-electron chi connectivity index (χ4n) is 3.08. The van der Waals surface area contributed by atoms with E-state index >= 15 is 0 Å². The average molecular weight is 421 g/mol. The fourth-order valence-corrected chi connectivity index (χ4v) is 3.08. The first-order valence-electron chi connectivity index (χ1n) is 10.0. The summed E-state index contributed by atoms with van der Waals surface area (Å²) in [6.45, 7) is 7.58. The minimum absolute atomic E-state index is 0.00842. The van der Waals surface area contributed by atoms with Crippen molar-refractivity contribution in [1.29, 1.82) is 0 Å². The van der Waals surface area contributed by atoms with Crippen LogP contribution in [0.4, 0.5) is 0 Å². The summed E-state index contributed by atoms with van der Waals surface area (Å²) >= 11 is 0. The lowest BCUT2D eigenvalue weighted by molar-refractivity contribution is -0.156. The van der Waals surface area contributed by atoms with Gasteiger partial charge in [0.05, 0.1) is 13.7 Å². The maximum absolute atomic E-state index is 12.6. The van der Waals surface area contributed by atoms with Crippen LogP contribution in [0.15, 0.2) is 29.3 Å². The lowest BCUT2D eigenvalue weighted by atomic mass is 9.89. The van der Waals surface area contributed by atoms with Crippen LogP contribution in [0, 0.1) is 0 Å². The summed E-state index contributed by atoms with van der Waals surface area (Å²) in [5.41, 5.74) is -1.25. The van der Waals surface area contributed by atoms with Gasteiger partial charge in [-0.25, -0.2) is 9.79 Å². The number of aliphatic hydroxyl groups is 1. The lowest BCUT2D eigenvalue weighted by Gasteiger charge is -2.26. The quantitative estimate of drug-likeness (QED) is 0.483. The van der Waals surface area contributed by atoms with E-state index in [9.17, 15) is 9.59 Å². The molecular weight excluding hydrogens is 390 g/mol. The summed E-state index contributed by atoms with van der Waals surface area (Å²) < 4.78 is 21.7. The molecule has 1 N–H and O–H groups in total. The average Bonchev–Trinajstić information content (AvgIpc) is 3.03. The third kappa shape index (κ3) is 5.95. The smallest absolute Gasteiger partial charge is 0.337 e. The number of nitrogens with zero attached hydrogens (tertiary/aromatic N) is 1. The Kier molecular flexibility index (Phi) is 7.83. The highest BCUT2D eigenvalue weighted by molar-refractivity contribution is 5.99. The zero-order chi connectivity index (χ0) is 22.4. The van der Waals surface area contributed by atoms with Crippen LogP contribution in [-0.4, -0.2) is 60.5 Å². The Balaban J connectivity index is 2.18. The molecule has 0 radical (unpaired) electrons. The standard InChI is InChI=1S/C22H31NO7/c1-15-22(20(26)27-5,12-11-18(25)30-21(2,3)4)23-19(29-15)16-7-9-17(10-8-16)28-14-6-13-24/h7-10,15,24H,6,11-14H2,1-5H3/t15-,22-/m1/s1. The van der Waals surface area contributed by atoms with E-state index in [0.29, 0.717) is 30.2 Å². The Hall–Kier alpha value is -2.61. The Morgan fingerprint density at radius 2 is 1.90 bits per heavy atom. The Bertz CT molecular complexity index is 767. The molecule has 0 saturated heterocycles. The minimum atomic E-state index is -1.32. The van der Waals surface area contributed by atoms with Crippen LogP contribution in [-0.2, 0) is 23.8 Å². The summed E-state index contributed by atoms with van der Waals surface area (Å²) in [5, 5.41) is 8.83. The minimum Gasteiger partial charge on any atom is -0.494 e. The van der Waals surface area contributed by atoms with E-state index in [1.165, 1.54) is 7.11 Å². The topological polar surface area (TPSA) is 104 Å². The lowest BCUT2D eigenvalue weighted by Crippen LogP contribution is -2.45. The van der Waals surface area contributed by atoms with Gasteiger partial charge in [0.2, 0.25) is 5.90 Å². The second-order valence-corrected chi connectivity index (χ2v) is 8.13. The number of hydrogen-bond acceptors (Lipinski definition) is 8. The van der Waals surface area contributed by atoms with Crippen molar-refractivity contribution < 1.29 is 33.6 Å². The van der Waals surface area contributed by atoms with Gasteiger partial charge in [-0.2, -0.15) is 0 Å². The van der Waals surface area contributed by atoms with Crippen molar-refractivity contribution in [2.75, 3.05) is 20.3 Å². The van der Waals surface area contributed by atoms with Crippen molar-refractivity contribution in [1.82, 2.24) is 0 Å². The van der Waals surface area contributed by atoms with Gasteiger partial charge in [0.25, 0.3) is 0 Å². The molecule has 1 aromatic rings. The van der Waals surface area contributed by atoms with Gasteiger partial charge in [0.15, 0.2) is 5.54 Å². The van der Waals surface area contributed by atoms with E-state index in [-0.39, 0.29) is 19.4 Å². The van der Waals surface area contributed by atoms with Gasteiger partial charge >= 0.3 is 11.9 Å². The second kappa shape index (κ2) is 9.93. The van der Waals surface area contributed by atoms with Crippen LogP contribution in [0.25, 0.3) is 0 Å². The van der Waals surface area contributed by atoms with Crippen LogP contribution in [0.2, 0.25) is 0 Å². The summed E-state index contributed by atoms with van der Waals surface area (Å²) in [5.74, 6) is -0.00877. The molecule has 0 aromatic heterocycles. The molecule has 30 heavy (non-hydrogen) atoms. The molecule has 8 heteroatoms. The SMILES string of the molecule is COC(=O)[C@]1(CCC(=O)OC(C)(C)C)N=C(c2ccc(OCCCO)cc2)O[C@@H]1C. The van der Waals surface area contributed by atoms with Crippen molar-refractivity contribution in [2.24, 2.45) is 4.99 Å². The number of esters is 2. The normalized spacial score (nSPS) is 20.9. The first-order chi connectivity index (χ1) is 14.1. The Morgan fingerprint density at radius 3 is 2.47 bits per heavy atom. The highest BCUT2D eigenvalue weighted by atomic mass is 16.6. The number of carbonyl (C=O) groups excluding carboxylic acids is 2. The molecule has 0 saturated carbocycles. The summed E-state index contributed by atoms with van der Waals surface area (Å²) in [6.07, 6.45) is 0.0627. The number of aliphatic hydroxyl groups excluding tert-OH is 1.